The van der Waals surface area contributed by atoms with Crippen LogP contribution in [0.1, 0.15) is 52.7 Å². The Balaban J connectivity index is 2.12. The van der Waals surface area contributed by atoms with Crippen molar-refractivity contribution >= 4 is 29.0 Å². The number of nitro groups is 1. The van der Waals surface area contributed by atoms with E-state index in [0.29, 0.717) is 29.7 Å². The van der Waals surface area contributed by atoms with E-state index >= 15 is 0 Å². The number of nitro benzene ring substituents is 1. The molecule has 0 bridgehead atoms. The Hall–Kier alpha value is -3.01. The standard InChI is InChI=1S/C19H25N5O4S/c1-5-20-19(21-11-14-8-7-9-15(10-14)24(26)27)23-13(4)17-22-12(3)16(29-17)18(25)28-6-2/h7-10,13H,5-6,11H2,1-4H3,(H2,20,21,23). The zero-order valence-electron chi connectivity index (χ0n) is 16.9. The number of esters is 1. The van der Waals surface area contributed by atoms with E-state index in [0.717, 1.165) is 10.6 Å². The van der Waals surface area contributed by atoms with Gasteiger partial charge in [0.2, 0.25) is 0 Å². The molecule has 9 nitrogen and oxygen atoms in total. The van der Waals surface area contributed by atoms with Crippen LogP contribution in [0.5, 0.6) is 0 Å². The maximum Gasteiger partial charge on any atom is 0.350 e. The zero-order chi connectivity index (χ0) is 21.4. The number of carbonyl (C=O) groups is 1. The maximum atomic E-state index is 12.0. The van der Waals surface area contributed by atoms with Crippen molar-refractivity contribution in [3.63, 3.8) is 0 Å². The Morgan fingerprint density at radius 2 is 2.17 bits per heavy atom. The molecule has 2 rings (SSSR count). The van der Waals surface area contributed by atoms with Gasteiger partial charge in [0.25, 0.3) is 5.69 Å². The fourth-order valence-corrected chi connectivity index (χ4v) is 3.48. The molecule has 156 valence electrons. The Morgan fingerprint density at radius 3 is 2.83 bits per heavy atom. The Kier molecular flexibility index (Phi) is 8.08. The lowest BCUT2D eigenvalue weighted by Gasteiger charge is -2.16. The predicted molar refractivity (Wildman–Crippen MR) is 112 cm³/mol. The molecule has 0 aliphatic rings. The maximum absolute atomic E-state index is 12.0. The zero-order valence-corrected chi connectivity index (χ0v) is 17.7. The average Bonchev–Trinajstić information content (AvgIpc) is 3.08. The predicted octanol–water partition coefficient (Wildman–Crippen LogP) is 3.35. The van der Waals surface area contributed by atoms with Crippen LogP contribution in [0.2, 0.25) is 0 Å². The summed E-state index contributed by atoms with van der Waals surface area (Å²) in [6.07, 6.45) is 0. The summed E-state index contributed by atoms with van der Waals surface area (Å²) in [5.74, 6) is 0.184. The molecule has 0 spiro atoms. The largest absolute Gasteiger partial charge is 0.462 e. The third-order valence-electron chi connectivity index (χ3n) is 3.88. The van der Waals surface area contributed by atoms with Gasteiger partial charge in [-0.3, -0.25) is 10.1 Å². The van der Waals surface area contributed by atoms with E-state index in [2.05, 4.69) is 20.6 Å². The van der Waals surface area contributed by atoms with Crippen LogP contribution in [0.25, 0.3) is 0 Å². The number of nitrogens with one attached hydrogen (secondary N) is 2. The van der Waals surface area contributed by atoms with E-state index in [4.69, 9.17) is 4.74 Å². The Labute approximate surface area is 173 Å². The van der Waals surface area contributed by atoms with Crippen molar-refractivity contribution in [2.24, 2.45) is 4.99 Å². The number of aryl methyl sites for hydroxylation is 1. The second kappa shape index (κ2) is 10.5. The van der Waals surface area contributed by atoms with Gasteiger partial charge in [0.05, 0.1) is 29.8 Å². The van der Waals surface area contributed by atoms with Gasteiger partial charge in [-0.25, -0.2) is 14.8 Å². The smallest absolute Gasteiger partial charge is 0.350 e. The van der Waals surface area contributed by atoms with E-state index in [9.17, 15) is 14.9 Å². The molecule has 0 saturated carbocycles. The van der Waals surface area contributed by atoms with Crippen molar-refractivity contribution in [2.75, 3.05) is 13.2 Å². The lowest BCUT2D eigenvalue weighted by molar-refractivity contribution is -0.384. The summed E-state index contributed by atoms with van der Waals surface area (Å²) in [6.45, 7) is 8.66. The van der Waals surface area contributed by atoms with Crippen LogP contribution in [0.3, 0.4) is 0 Å². The lowest BCUT2D eigenvalue weighted by atomic mass is 10.2. The number of non-ortho nitro benzene ring substituents is 1. The summed E-state index contributed by atoms with van der Waals surface area (Å²) >= 11 is 1.29. The number of carbonyl (C=O) groups excluding carboxylic acids is 1. The number of hydrogen-bond acceptors (Lipinski definition) is 7. The minimum Gasteiger partial charge on any atom is -0.462 e. The van der Waals surface area contributed by atoms with Gasteiger partial charge in [-0.15, -0.1) is 11.3 Å². The number of hydrogen-bond donors (Lipinski definition) is 2. The van der Waals surface area contributed by atoms with Crippen LogP contribution in [-0.4, -0.2) is 35.0 Å². The molecule has 0 aliphatic heterocycles. The molecule has 2 N–H and O–H groups in total. The van der Waals surface area contributed by atoms with Gasteiger partial charge < -0.3 is 15.4 Å². The van der Waals surface area contributed by atoms with Gasteiger partial charge in [-0.2, -0.15) is 0 Å². The first kappa shape index (κ1) is 22.3. The van der Waals surface area contributed by atoms with Crippen molar-refractivity contribution in [3.05, 3.63) is 55.5 Å². The van der Waals surface area contributed by atoms with Crippen LogP contribution in [0.4, 0.5) is 5.69 Å². The third kappa shape index (κ3) is 6.24. The van der Waals surface area contributed by atoms with Gasteiger partial charge in [0.1, 0.15) is 9.88 Å². The van der Waals surface area contributed by atoms with Gasteiger partial charge in [-0.1, -0.05) is 12.1 Å². The Bertz CT molecular complexity index is 896. The molecule has 1 unspecified atom stereocenters. The number of thiazole rings is 1. The highest BCUT2D eigenvalue weighted by molar-refractivity contribution is 7.13. The number of ether oxygens (including phenoxy) is 1. The third-order valence-corrected chi connectivity index (χ3v) is 5.20. The van der Waals surface area contributed by atoms with Crippen LogP contribution >= 0.6 is 11.3 Å². The van der Waals surface area contributed by atoms with E-state index in [1.165, 1.54) is 23.5 Å². The SMILES string of the molecule is CCNC(=NCc1cccc([N+](=O)[O-])c1)NC(C)c1nc(C)c(C(=O)OCC)s1. The summed E-state index contributed by atoms with van der Waals surface area (Å²) in [6, 6.07) is 6.20. The van der Waals surface area contributed by atoms with E-state index in [1.54, 1.807) is 26.0 Å². The number of benzene rings is 1. The van der Waals surface area contributed by atoms with Gasteiger partial charge >= 0.3 is 5.97 Å². The van der Waals surface area contributed by atoms with E-state index in [-0.39, 0.29) is 24.2 Å². The summed E-state index contributed by atoms with van der Waals surface area (Å²) in [5.41, 5.74) is 1.41. The van der Waals surface area contributed by atoms with Crippen molar-refractivity contribution in [1.29, 1.82) is 0 Å². The monoisotopic (exact) mass is 419 g/mol. The highest BCUT2D eigenvalue weighted by Crippen LogP contribution is 2.24. The van der Waals surface area contributed by atoms with E-state index < -0.39 is 4.92 Å². The minimum absolute atomic E-state index is 0.0359. The molecule has 1 aromatic carbocycles. The quantitative estimate of drug-likeness (QED) is 0.221. The molecule has 0 saturated heterocycles. The van der Waals surface area contributed by atoms with Gasteiger partial charge in [0, 0.05) is 18.7 Å². The second-order valence-corrected chi connectivity index (χ2v) is 7.21. The highest BCUT2D eigenvalue weighted by atomic mass is 32.1. The minimum atomic E-state index is -0.426. The first-order chi connectivity index (χ1) is 13.8. The molecular weight excluding hydrogens is 394 g/mol. The summed E-state index contributed by atoms with van der Waals surface area (Å²) in [4.78, 5) is 32.0. The van der Waals surface area contributed by atoms with Crippen LogP contribution in [-0.2, 0) is 11.3 Å². The normalized spacial score (nSPS) is 12.3. The second-order valence-electron chi connectivity index (χ2n) is 6.18. The van der Waals surface area contributed by atoms with Crippen molar-refractivity contribution in [1.82, 2.24) is 15.6 Å². The molecule has 1 atom stereocenters. The van der Waals surface area contributed by atoms with Crippen molar-refractivity contribution < 1.29 is 14.5 Å². The van der Waals surface area contributed by atoms with Crippen molar-refractivity contribution in [2.45, 2.75) is 40.3 Å². The molecule has 29 heavy (non-hydrogen) atoms. The van der Waals surface area contributed by atoms with E-state index in [1.807, 2.05) is 13.8 Å². The summed E-state index contributed by atoms with van der Waals surface area (Å²) in [7, 11) is 0. The lowest BCUT2D eigenvalue weighted by Crippen LogP contribution is -2.38. The first-order valence-electron chi connectivity index (χ1n) is 9.28. The molecule has 0 aliphatic carbocycles. The van der Waals surface area contributed by atoms with Gasteiger partial charge in [-0.05, 0) is 33.3 Å². The summed E-state index contributed by atoms with van der Waals surface area (Å²) in [5, 5.41) is 18.1. The van der Waals surface area contributed by atoms with Crippen molar-refractivity contribution in [3.8, 4) is 0 Å². The highest BCUT2D eigenvalue weighted by Gasteiger charge is 2.20. The molecule has 0 fully saturated rings. The van der Waals surface area contributed by atoms with Crippen LogP contribution in [0, 0.1) is 17.0 Å². The number of aliphatic imine (C=N–C) groups is 1. The number of guanidine groups is 1. The fraction of sp³-hybridized carbons (Fsp3) is 0.421. The number of aromatic nitrogens is 1. The molecule has 0 radical (unpaired) electrons. The first-order valence-corrected chi connectivity index (χ1v) is 10.1. The molecule has 2 aromatic rings. The molecule has 1 aromatic heterocycles. The molecule has 0 amide bonds. The number of rotatable bonds is 8. The van der Waals surface area contributed by atoms with Crippen LogP contribution in [0.15, 0.2) is 29.3 Å². The average molecular weight is 420 g/mol. The summed E-state index contributed by atoms with van der Waals surface area (Å²) < 4.78 is 5.06. The Morgan fingerprint density at radius 1 is 1.41 bits per heavy atom. The molecule has 10 heteroatoms. The van der Waals surface area contributed by atoms with Crippen LogP contribution < -0.4 is 10.6 Å². The molecular formula is C19H25N5O4S. The molecule has 1 heterocycles. The van der Waals surface area contributed by atoms with Gasteiger partial charge in [0.15, 0.2) is 5.96 Å². The number of nitrogens with zero attached hydrogens (tertiary/aromatic N) is 3. The topological polar surface area (TPSA) is 119 Å². The fourth-order valence-electron chi connectivity index (χ4n) is 2.51.